The highest BCUT2D eigenvalue weighted by Gasteiger charge is 2.19. The number of hydrogen-bond acceptors (Lipinski definition) is 5. The van der Waals surface area contributed by atoms with Gasteiger partial charge in [0.2, 0.25) is 5.82 Å². The van der Waals surface area contributed by atoms with E-state index in [9.17, 15) is 4.79 Å². The summed E-state index contributed by atoms with van der Waals surface area (Å²) >= 11 is 0. The first-order chi connectivity index (χ1) is 13.7. The first kappa shape index (κ1) is 17.7. The van der Waals surface area contributed by atoms with Crippen molar-refractivity contribution in [3.8, 4) is 17.1 Å². The van der Waals surface area contributed by atoms with Gasteiger partial charge in [0.1, 0.15) is 6.26 Å². The number of aromatic nitrogens is 5. The first-order valence-electron chi connectivity index (χ1n) is 9.01. The fourth-order valence-corrected chi connectivity index (χ4v) is 2.81. The lowest BCUT2D eigenvalue weighted by atomic mass is 10.2. The average Bonchev–Trinajstić information content (AvgIpc) is 3.47. The second-order valence-electron chi connectivity index (χ2n) is 6.43. The van der Waals surface area contributed by atoms with E-state index in [0.29, 0.717) is 12.4 Å². The van der Waals surface area contributed by atoms with Gasteiger partial charge < -0.3 is 14.3 Å². The Morgan fingerprint density at radius 3 is 2.79 bits per heavy atom. The van der Waals surface area contributed by atoms with Crippen molar-refractivity contribution in [2.75, 3.05) is 6.54 Å². The highest BCUT2D eigenvalue weighted by atomic mass is 16.3. The van der Waals surface area contributed by atoms with E-state index < -0.39 is 0 Å². The first-order valence-corrected chi connectivity index (χ1v) is 9.01. The summed E-state index contributed by atoms with van der Waals surface area (Å²) in [5.74, 6) is 0.377. The van der Waals surface area contributed by atoms with E-state index in [1.54, 1.807) is 35.8 Å². The Balaban J connectivity index is 1.51. The molecule has 0 fully saturated rings. The summed E-state index contributed by atoms with van der Waals surface area (Å²) in [4.78, 5) is 21.0. The summed E-state index contributed by atoms with van der Waals surface area (Å²) in [5, 5.41) is 7.30. The number of amides is 1. The highest BCUT2D eigenvalue weighted by molar-refractivity contribution is 5.91. The molecule has 28 heavy (non-hydrogen) atoms. The van der Waals surface area contributed by atoms with Crippen molar-refractivity contribution >= 4 is 5.91 Å². The van der Waals surface area contributed by atoms with Gasteiger partial charge in [-0.15, -0.1) is 5.10 Å². The molecule has 0 radical (unpaired) electrons. The molecule has 142 valence electrons. The Labute approximate surface area is 161 Å². The summed E-state index contributed by atoms with van der Waals surface area (Å²) in [5.41, 5.74) is 2.73. The van der Waals surface area contributed by atoms with Gasteiger partial charge in [0, 0.05) is 25.5 Å². The molecule has 4 aromatic rings. The van der Waals surface area contributed by atoms with Crippen LogP contribution in [0.15, 0.2) is 66.0 Å². The molecular weight excluding hydrogens is 356 g/mol. The Hall–Kier alpha value is -3.68. The van der Waals surface area contributed by atoms with Crippen LogP contribution in [0.25, 0.3) is 17.1 Å². The number of nitrogens with one attached hydrogen (secondary N) is 1. The third kappa shape index (κ3) is 3.85. The number of hydrogen-bond donors (Lipinski definition) is 1. The zero-order valence-electron chi connectivity index (χ0n) is 15.4. The fraction of sp³-hybridized carbons (Fsp3) is 0.200. The summed E-state index contributed by atoms with van der Waals surface area (Å²) in [6.07, 6.45) is 9.32. The number of benzene rings is 1. The molecule has 8 heteroatoms. The molecule has 0 aliphatic rings. The molecule has 8 nitrogen and oxygen atoms in total. The van der Waals surface area contributed by atoms with Crippen molar-refractivity contribution in [2.45, 2.75) is 19.9 Å². The van der Waals surface area contributed by atoms with Crippen molar-refractivity contribution < 1.29 is 9.21 Å². The van der Waals surface area contributed by atoms with Crippen LogP contribution in [0, 0.1) is 6.92 Å². The third-order valence-electron chi connectivity index (χ3n) is 4.31. The summed E-state index contributed by atoms with van der Waals surface area (Å²) in [6, 6.07) is 9.67. The van der Waals surface area contributed by atoms with Crippen LogP contribution in [0.1, 0.15) is 22.6 Å². The van der Waals surface area contributed by atoms with E-state index in [0.717, 1.165) is 29.8 Å². The quantitative estimate of drug-likeness (QED) is 0.501. The van der Waals surface area contributed by atoms with Crippen molar-refractivity contribution in [3.05, 3.63) is 73.0 Å². The monoisotopic (exact) mass is 376 g/mol. The average molecular weight is 376 g/mol. The molecule has 1 N–H and O–H groups in total. The van der Waals surface area contributed by atoms with Gasteiger partial charge in [-0.05, 0) is 31.5 Å². The van der Waals surface area contributed by atoms with Crippen molar-refractivity contribution in [1.82, 2.24) is 29.6 Å². The number of carbonyl (C=O) groups is 1. The molecule has 0 spiro atoms. The molecule has 0 saturated carbocycles. The fourth-order valence-electron chi connectivity index (χ4n) is 2.81. The minimum Gasteiger partial charge on any atom is -0.472 e. The van der Waals surface area contributed by atoms with Crippen LogP contribution in [-0.2, 0) is 6.54 Å². The van der Waals surface area contributed by atoms with Gasteiger partial charge >= 0.3 is 0 Å². The van der Waals surface area contributed by atoms with E-state index >= 15 is 0 Å². The number of carbonyl (C=O) groups excluding carboxylic acids is 1. The van der Waals surface area contributed by atoms with Crippen molar-refractivity contribution in [2.24, 2.45) is 0 Å². The van der Waals surface area contributed by atoms with Gasteiger partial charge in [0.05, 0.1) is 23.8 Å². The summed E-state index contributed by atoms with van der Waals surface area (Å²) < 4.78 is 8.80. The Kier molecular flexibility index (Phi) is 5.01. The lowest BCUT2D eigenvalue weighted by Crippen LogP contribution is -2.26. The smallest absolute Gasteiger partial charge is 0.290 e. The number of aryl methyl sites for hydroxylation is 2. The van der Waals surface area contributed by atoms with Crippen LogP contribution in [0.4, 0.5) is 0 Å². The molecule has 0 atom stereocenters. The number of nitrogens with zero attached hydrogens (tertiary/aromatic N) is 5. The van der Waals surface area contributed by atoms with Gasteiger partial charge in [0.15, 0.2) is 5.82 Å². The maximum absolute atomic E-state index is 12.5. The highest BCUT2D eigenvalue weighted by Crippen LogP contribution is 2.22. The number of furan rings is 1. The molecular formula is C20H20N6O2. The largest absolute Gasteiger partial charge is 0.472 e. The predicted molar refractivity (Wildman–Crippen MR) is 103 cm³/mol. The predicted octanol–water partition coefficient (Wildman–Crippen LogP) is 2.85. The maximum atomic E-state index is 12.5. The molecule has 0 aliphatic carbocycles. The molecule has 1 aromatic carbocycles. The SMILES string of the molecule is Cc1ccc(-n2nc(C(=O)NCCCn3ccnc3)nc2-c2ccoc2)cc1. The molecule has 4 rings (SSSR count). The van der Waals surface area contributed by atoms with E-state index in [1.165, 1.54) is 0 Å². The molecule has 0 saturated heterocycles. The molecule has 1 amide bonds. The van der Waals surface area contributed by atoms with E-state index in [4.69, 9.17) is 4.42 Å². The van der Waals surface area contributed by atoms with Crippen molar-refractivity contribution in [3.63, 3.8) is 0 Å². The molecule has 0 aliphatic heterocycles. The Morgan fingerprint density at radius 1 is 1.21 bits per heavy atom. The van der Waals surface area contributed by atoms with Crippen LogP contribution in [-0.4, -0.2) is 36.8 Å². The number of rotatable bonds is 7. The maximum Gasteiger partial charge on any atom is 0.290 e. The summed E-state index contributed by atoms with van der Waals surface area (Å²) in [7, 11) is 0. The lowest BCUT2D eigenvalue weighted by molar-refractivity contribution is 0.0942. The van der Waals surface area contributed by atoms with Crippen LogP contribution in [0.3, 0.4) is 0 Å². The zero-order valence-corrected chi connectivity index (χ0v) is 15.4. The topological polar surface area (TPSA) is 90.8 Å². The van der Waals surface area contributed by atoms with E-state index in [1.807, 2.05) is 42.0 Å². The minimum absolute atomic E-state index is 0.124. The van der Waals surface area contributed by atoms with Gasteiger partial charge in [-0.1, -0.05) is 17.7 Å². The second kappa shape index (κ2) is 7.91. The van der Waals surface area contributed by atoms with Crippen LogP contribution in [0.5, 0.6) is 0 Å². The van der Waals surface area contributed by atoms with Crippen molar-refractivity contribution in [1.29, 1.82) is 0 Å². The second-order valence-corrected chi connectivity index (χ2v) is 6.43. The normalized spacial score (nSPS) is 10.9. The van der Waals surface area contributed by atoms with Gasteiger partial charge in [-0.3, -0.25) is 4.79 Å². The standard InChI is InChI=1S/C20H20N6O2/c1-15-3-5-17(6-4-15)26-19(16-7-12-28-13-16)23-18(24-26)20(27)22-8-2-10-25-11-9-21-14-25/h3-7,9,11-14H,2,8,10H2,1H3,(H,22,27). The number of imidazole rings is 1. The molecule has 0 unspecified atom stereocenters. The Morgan fingerprint density at radius 2 is 2.07 bits per heavy atom. The van der Waals surface area contributed by atoms with Gasteiger partial charge in [-0.25, -0.2) is 14.6 Å². The zero-order chi connectivity index (χ0) is 19.3. The van der Waals surface area contributed by atoms with E-state index in [-0.39, 0.29) is 11.7 Å². The molecule has 3 heterocycles. The molecule has 3 aromatic heterocycles. The van der Waals surface area contributed by atoms with Crippen LogP contribution in [0.2, 0.25) is 0 Å². The molecule has 0 bridgehead atoms. The minimum atomic E-state index is -0.304. The van der Waals surface area contributed by atoms with Crippen LogP contribution < -0.4 is 5.32 Å². The lowest BCUT2D eigenvalue weighted by Gasteiger charge is -2.04. The van der Waals surface area contributed by atoms with Gasteiger partial charge in [-0.2, -0.15) is 0 Å². The van der Waals surface area contributed by atoms with Crippen LogP contribution >= 0.6 is 0 Å². The van der Waals surface area contributed by atoms with E-state index in [2.05, 4.69) is 20.4 Å². The Bertz CT molecular complexity index is 1030. The summed E-state index contributed by atoms with van der Waals surface area (Å²) in [6.45, 7) is 3.33. The third-order valence-corrected chi connectivity index (χ3v) is 4.31. The van der Waals surface area contributed by atoms with Gasteiger partial charge in [0.25, 0.3) is 5.91 Å².